The summed E-state index contributed by atoms with van der Waals surface area (Å²) < 4.78 is 3.93. The first-order valence-corrected chi connectivity index (χ1v) is 8.33. The second kappa shape index (κ2) is 5.80. The van der Waals surface area contributed by atoms with E-state index in [0.717, 1.165) is 46.8 Å². The van der Waals surface area contributed by atoms with Crippen LogP contribution in [0.2, 0.25) is 0 Å². The highest BCUT2D eigenvalue weighted by Crippen LogP contribution is 2.32. The van der Waals surface area contributed by atoms with Crippen LogP contribution in [-0.4, -0.2) is 24.4 Å². The van der Waals surface area contributed by atoms with Crippen LogP contribution in [0.1, 0.15) is 55.1 Å². The van der Waals surface area contributed by atoms with Gasteiger partial charge in [0.15, 0.2) is 5.65 Å². The SMILES string of the molecule is CCC(CC)c1cc(C)nn2c(-c3c(C)cnn3C)c(C)nc12. The van der Waals surface area contributed by atoms with Crippen molar-refractivity contribution in [2.45, 2.75) is 53.4 Å². The van der Waals surface area contributed by atoms with Crippen LogP contribution < -0.4 is 0 Å². The number of fused-ring (bicyclic) bond motifs is 1. The third-order valence-electron chi connectivity index (χ3n) is 4.68. The molecular weight excluding hydrogens is 286 g/mol. The third kappa shape index (κ3) is 2.44. The zero-order valence-corrected chi connectivity index (χ0v) is 14.9. The summed E-state index contributed by atoms with van der Waals surface area (Å²) in [5, 5.41) is 9.14. The molecule has 0 saturated heterocycles. The van der Waals surface area contributed by atoms with Crippen LogP contribution in [0.25, 0.3) is 17.0 Å². The fraction of sp³-hybridized carbons (Fsp3) is 0.500. The highest BCUT2D eigenvalue weighted by molar-refractivity contribution is 5.68. The summed E-state index contributed by atoms with van der Waals surface area (Å²) in [6.45, 7) is 10.7. The number of imidazole rings is 1. The molecule has 0 aliphatic rings. The van der Waals surface area contributed by atoms with Gasteiger partial charge in [0.25, 0.3) is 0 Å². The number of hydrogen-bond donors (Lipinski definition) is 0. The van der Waals surface area contributed by atoms with Crippen molar-refractivity contribution in [2.75, 3.05) is 0 Å². The summed E-state index contributed by atoms with van der Waals surface area (Å²) >= 11 is 0. The van der Waals surface area contributed by atoms with Crippen LogP contribution >= 0.6 is 0 Å². The Hall–Kier alpha value is -2.17. The molecule has 0 radical (unpaired) electrons. The van der Waals surface area contributed by atoms with Crippen molar-refractivity contribution < 1.29 is 0 Å². The van der Waals surface area contributed by atoms with Gasteiger partial charge >= 0.3 is 0 Å². The summed E-state index contributed by atoms with van der Waals surface area (Å²) in [5.41, 5.74) is 7.59. The highest BCUT2D eigenvalue weighted by atomic mass is 15.3. The van der Waals surface area contributed by atoms with Crippen LogP contribution in [0.3, 0.4) is 0 Å². The Morgan fingerprint density at radius 1 is 1.09 bits per heavy atom. The van der Waals surface area contributed by atoms with Crippen molar-refractivity contribution >= 4 is 5.65 Å². The van der Waals surface area contributed by atoms with Crippen LogP contribution in [0.4, 0.5) is 0 Å². The fourth-order valence-corrected chi connectivity index (χ4v) is 3.47. The van der Waals surface area contributed by atoms with Gasteiger partial charge in [0.1, 0.15) is 5.69 Å². The standard InChI is InChI=1S/C18H25N5/c1-7-14(8-2)15-9-12(4)21-23-17(13(5)20-18(15)23)16-11(3)10-19-22(16)6/h9-10,14H,7-8H2,1-6H3. The maximum atomic E-state index is 4.87. The minimum atomic E-state index is 0.515. The van der Waals surface area contributed by atoms with E-state index in [1.165, 1.54) is 5.56 Å². The van der Waals surface area contributed by atoms with Crippen molar-refractivity contribution in [3.63, 3.8) is 0 Å². The van der Waals surface area contributed by atoms with Crippen LogP contribution in [0.5, 0.6) is 0 Å². The molecule has 0 aliphatic carbocycles. The molecule has 0 bridgehead atoms. The Morgan fingerprint density at radius 2 is 1.78 bits per heavy atom. The quantitative estimate of drug-likeness (QED) is 0.733. The van der Waals surface area contributed by atoms with Gasteiger partial charge in [-0.1, -0.05) is 13.8 Å². The summed E-state index contributed by atoms with van der Waals surface area (Å²) in [6, 6.07) is 2.19. The molecule has 0 aromatic carbocycles. The van der Waals surface area contributed by atoms with Crippen LogP contribution in [0, 0.1) is 20.8 Å². The maximum Gasteiger partial charge on any atom is 0.158 e. The van der Waals surface area contributed by atoms with Gasteiger partial charge in [-0.15, -0.1) is 0 Å². The van der Waals surface area contributed by atoms with E-state index in [4.69, 9.17) is 10.1 Å². The summed E-state index contributed by atoms with van der Waals surface area (Å²) in [5.74, 6) is 0.515. The fourth-order valence-electron chi connectivity index (χ4n) is 3.47. The van der Waals surface area contributed by atoms with Crippen molar-refractivity contribution in [3.8, 4) is 11.4 Å². The number of aryl methyl sites for hydroxylation is 4. The average molecular weight is 311 g/mol. The Morgan fingerprint density at radius 3 is 2.35 bits per heavy atom. The van der Waals surface area contributed by atoms with Crippen molar-refractivity contribution in [1.29, 1.82) is 0 Å². The molecule has 3 heterocycles. The first-order valence-electron chi connectivity index (χ1n) is 8.33. The van der Waals surface area contributed by atoms with E-state index in [2.05, 4.69) is 45.8 Å². The molecule has 0 unspecified atom stereocenters. The lowest BCUT2D eigenvalue weighted by atomic mass is 9.95. The molecule has 3 rings (SSSR count). The topological polar surface area (TPSA) is 48.0 Å². The van der Waals surface area contributed by atoms with Crippen LogP contribution in [-0.2, 0) is 7.05 Å². The summed E-state index contributed by atoms with van der Waals surface area (Å²) in [7, 11) is 1.97. The number of nitrogens with zero attached hydrogens (tertiary/aromatic N) is 5. The molecule has 122 valence electrons. The Bertz CT molecular complexity index is 833. The lowest BCUT2D eigenvalue weighted by Crippen LogP contribution is -2.06. The third-order valence-corrected chi connectivity index (χ3v) is 4.68. The van der Waals surface area contributed by atoms with Gasteiger partial charge in [0.2, 0.25) is 0 Å². The monoisotopic (exact) mass is 311 g/mol. The van der Waals surface area contributed by atoms with Crippen molar-refractivity contribution in [2.24, 2.45) is 7.05 Å². The second-order valence-electron chi connectivity index (χ2n) is 6.34. The summed E-state index contributed by atoms with van der Waals surface area (Å²) in [4.78, 5) is 4.87. The molecule has 23 heavy (non-hydrogen) atoms. The molecule has 0 N–H and O–H groups in total. The van der Waals surface area contributed by atoms with E-state index in [-0.39, 0.29) is 0 Å². The minimum absolute atomic E-state index is 0.515. The lowest BCUT2D eigenvalue weighted by molar-refractivity contribution is 0.638. The van der Waals surface area contributed by atoms with Crippen molar-refractivity contribution in [3.05, 3.63) is 34.8 Å². The molecule has 0 aliphatic heterocycles. The predicted octanol–water partition coefficient (Wildman–Crippen LogP) is 3.96. The Labute approximate surface area is 137 Å². The molecule has 0 atom stereocenters. The normalized spacial score (nSPS) is 11.8. The Kier molecular flexibility index (Phi) is 3.96. The van der Waals surface area contributed by atoms with Gasteiger partial charge in [-0.25, -0.2) is 9.50 Å². The molecule has 0 saturated carbocycles. The molecule has 5 heteroatoms. The van der Waals surface area contributed by atoms with E-state index < -0.39 is 0 Å². The average Bonchev–Trinajstić information content (AvgIpc) is 3.00. The van der Waals surface area contributed by atoms with Gasteiger partial charge in [0, 0.05) is 12.6 Å². The summed E-state index contributed by atoms with van der Waals surface area (Å²) in [6.07, 6.45) is 4.12. The molecule has 3 aromatic heterocycles. The van der Waals surface area contributed by atoms with E-state index in [9.17, 15) is 0 Å². The van der Waals surface area contributed by atoms with Gasteiger partial charge in [-0.3, -0.25) is 4.68 Å². The molecule has 3 aromatic rings. The number of hydrogen-bond acceptors (Lipinski definition) is 3. The van der Waals surface area contributed by atoms with E-state index in [1.54, 1.807) is 0 Å². The lowest BCUT2D eigenvalue weighted by Gasteiger charge is -2.15. The van der Waals surface area contributed by atoms with Gasteiger partial charge < -0.3 is 0 Å². The molecule has 0 amide bonds. The zero-order valence-electron chi connectivity index (χ0n) is 14.9. The molecule has 0 spiro atoms. The van der Waals surface area contributed by atoms with E-state index in [0.29, 0.717) is 5.92 Å². The van der Waals surface area contributed by atoms with Crippen molar-refractivity contribution in [1.82, 2.24) is 24.4 Å². The zero-order chi connectivity index (χ0) is 16.7. The largest absolute Gasteiger partial charge is 0.266 e. The highest BCUT2D eigenvalue weighted by Gasteiger charge is 2.22. The number of aromatic nitrogens is 5. The Balaban J connectivity index is 2.36. The molecular formula is C18H25N5. The first-order chi connectivity index (χ1) is 11.0. The first kappa shape index (κ1) is 15.7. The predicted molar refractivity (Wildman–Crippen MR) is 92.7 cm³/mol. The molecule has 5 nitrogen and oxygen atoms in total. The smallest absolute Gasteiger partial charge is 0.158 e. The maximum absolute atomic E-state index is 4.87. The minimum Gasteiger partial charge on any atom is -0.266 e. The van der Waals surface area contributed by atoms with Gasteiger partial charge in [-0.05, 0) is 51.2 Å². The van der Waals surface area contributed by atoms with Gasteiger partial charge in [-0.2, -0.15) is 10.2 Å². The van der Waals surface area contributed by atoms with E-state index >= 15 is 0 Å². The number of rotatable bonds is 4. The van der Waals surface area contributed by atoms with E-state index in [1.807, 2.05) is 22.4 Å². The second-order valence-corrected chi connectivity index (χ2v) is 6.34. The van der Waals surface area contributed by atoms with Gasteiger partial charge in [0.05, 0.1) is 23.3 Å². The van der Waals surface area contributed by atoms with Crippen LogP contribution in [0.15, 0.2) is 12.3 Å². The molecule has 0 fully saturated rings.